The van der Waals surface area contributed by atoms with Gasteiger partial charge in [0.25, 0.3) is 0 Å². The summed E-state index contributed by atoms with van der Waals surface area (Å²) in [4.78, 5) is 28.1. The van der Waals surface area contributed by atoms with Gasteiger partial charge in [0.15, 0.2) is 0 Å². The van der Waals surface area contributed by atoms with Gasteiger partial charge in [-0.1, -0.05) is 30.3 Å². The molecule has 0 saturated carbocycles. The molecular formula is C17H14N2O3. The van der Waals surface area contributed by atoms with E-state index in [1.807, 2.05) is 24.3 Å². The SMILES string of the molecule is COC(=O)c1ccccc1N=CC1C(=O)Nc2ccccc21. The summed E-state index contributed by atoms with van der Waals surface area (Å²) in [7, 11) is 1.32. The predicted octanol–water partition coefficient (Wildman–Crippen LogP) is 2.91. The molecule has 1 aliphatic rings. The number of aliphatic imine (C=N–C) groups is 1. The molecule has 5 nitrogen and oxygen atoms in total. The number of hydrogen-bond donors (Lipinski definition) is 1. The van der Waals surface area contributed by atoms with Crippen molar-refractivity contribution in [3.63, 3.8) is 0 Å². The average Bonchev–Trinajstić information content (AvgIpc) is 2.87. The van der Waals surface area contributed by atoms with E-state index < -0.39 is 11.9 Å². The Bertz CT molecular complexity index is 768. The Hall–Kier alpha value is -2.95. The summed E-state index contributed by atoms with van der Waals surface area (Å²) in [5, 5.41) is 2.81. The van der Waals surface area contributed by atoms with Gasteiger partial charge in [0.1, 0.15) is 5.92 Å². The maximum Gasteiger partial charge on any atom is 0.340 e. The molecular weight excluding hydrogens is 280 g/mol. The fraction of sp³-hybridized carbons (Fsp3) is 0.118. The second-order valence-electron chi connectivity index (χ2n) is 4.84. The number of amides is 1. The molecule has 1 amide bonds. The Morgan fingerprint density at radius 3 is 2.73 bits per heavy atom. The molecule has 0 radical (unpaired) electrons. The van der Waals surface area contributed by atoms with E-state index in [-0.39, 0.29) is 5.91 Å². The highest BCUT2D eigenvalue weighted by Gasteiger charge is 2.28. The smallest absolute Gasteiger partial charge is 0.340 e. The van der Waals surface area contributed by atoms with E-state index in [0.29, 0.717) is 11.3 Å². The van der Waals surface area contributed by atoms with Crippen molar-refractivity contribution < 1.29 is 14.3 Å². The molecule has 3 rings (SSSR count). The maximum absolute atomic E-state index is 12.0. The summed E-state index contributed by atoms with van der Waals surface area (Å²) >= 11 is 0. The van der Waals surface area contributed by atoms with Crippen LogP contribution in [-0.4, -0.2) is 25.2 Å². The van der Waals surface area contributed by atoms with Crippen LogP contribution in [0, 0.1) is 0 Å². The largest absolute Gasteiger partial charge is 0.465 e. The van der Waals surface area contributed by atoms with Gasteiger partial charge < -0.3 is 10.1 Å². The first-order valence-corrected chi connectivity index (χ1v) is 6.82. The van der Waals surface area contributed by atoms with Gasteiger partial charge in [-0.2, -0.15) is 0 Å². The van der Waals surface area contributed by atoms with Gasteiger partial charge in [-0.3, -0.25) is 9.79 Å². The first kappa shape index (κ1) is 14.0. The zero-order chi connectivity index (χ0) is 15.5. The lowest BCUT2D eigenvalue weighted by Gasteiger charge is -2.04. The van der Waals surface area contributed by atoms with E-state index in [2.05, 4.69) is 10.3 Å². The summed E-state index contributed by atoms with van der Waals surface area (Å²) in [5.41, 5.74) is 2.52. The van der Waals surface area contributed by atoms with Crippen LogP contribution in [0.3, 0.4) is 0 Å². The van der Waals surface area contributed by atoms with Crippen LogP contribution in [0.5, 0.6) is 0 Å². The third-order valence-electron chi connectivity index (χ3n) is 3.51. The van der Waals surface area contributed by atoms with Gasteiger partial charge in [-0.05, 0) is 23.8 Å². The first-order chi connectivity index (χ1) is 10.7. The number of benzene rings is 2. The van der Waals surface area contributed by atoms with Gasteiger partial charge in [0.2, 0.25) is 5.91 Å². The number of fused-ring (bicyclic) bond motifs is 1. The number of hydrogen-bond acceptors (Lipinski definition) is 4. The van der Waals surface area contributed by atoms with Crippen molar-refractivity contribution in [1.82, 2.24) is 0 Å². The molecule has 0 bridgehead atoms. The van der Waals surface area contributed by atoms with Crippen LogP contribution < -0.4 is 5.32 Å². The van der Waals surface area contributed by atoms with E-state index in [0.717, 1.165) is 11.3 Å². The minimum Gasteiger partial charge on any atom is -0.465 e. The Kier molecular flexibility index (Phi) is 3.70. The van der Waals surface area contributed by atoms with Gasteiger partial charge >= 0.3 is 5.97 Å². The van der Waals surface area contributed by atoms with Crippen LogP contribution in [0.15, 0.2) is 53.5 Å². The molecule has 2 aromatic rings. The van der Waals surface area contributed by atoms with Crippen LogP contribution in [0.25, 0.3) is 0 Å². The van der Waals surface area contributed by atoms with Gasteiger partial charge in [0, 0.05) is 11.9 Å². The molecule has 0 saturated heterocycles. The normalized spacial score (nSPS) is 16.4. The lowest BCUT2D eigenvalue weighted by molar-refractivity contribution is -0.115. The number of para-hydroxylation sites is 2. The van der Waals surface area contributed by atoms with Crippen molar-refractivity contribution in [1.29, 1.82) is 0 Å². The standard InChI is InChI=1S/C17H14N2O3/c1-22-17(21)12-7-3-4-8-14(12)18-10-13-11-6-2-5-9-15(11)19-16(13)20/h2-10,13H,1H3,(H,19,20). The monoisotopic (exact) mass is 294 g/mol. The van der Waals surface area contributed by atoms with Gasteiger partial charge in [0.05, 0.1) is 18.4 Å². The lowest BCUT2D eigenvalue weighted by atomic mass is 10.0. The number of methoxy groups -OCH3 is 1. The van der Waals surface area contributed by atoms with Crippen molar-refractivity contribution >= 4 is 29.5 Å². The number of ether oxygens (including phenoxy) is 1. The molecule has 5 heteroatoms. The summed E-state index contributed by atoms with van der Waals surface area (Å²) in [6.45, 7) is 0. The molecule has 1 atom stereocenters. The fourth-order valence-corrected chi connectivity index (χ4v) is 2.41. The van der Waals surface area contributed by atoms with Crippen LogP contribution in [0.4, 0.5) is 11.4 Å². The molecule has 1 heterocycles. The molecule has 1 aliphatic heterocycles. The second kappa shape index (κ2) is 5.81. The van der Waals surface area contributed by atoms with Gasteiger partial charge in [-0.15, -0.1) is 0 Å². The number of nitrogens with zero attached hydrogens (tertiary/aromatic N) is 1. The van der Waals surface area contributed by atoms with E-state index in [1.54, 1.807) is 30.5 Å². The Morgan fingerprint density at radius 2 is 1.91 bits per heavy atom. The van der Waals surface area contributed by atoms with Crippen LogP contribution in [0.2, 0.25) is 0 Å². The zero-order valence-electron chi connectivity index (χ0n) is 11.9. The van der Waals surface area contributed by atoms with Crippen molar-refractivity contribution in [2.45, 2.75) is 5.92 Å². The minimum atomic E-state index is -0.457. The summed E-state index contributed by atoms with van der Waals surface area (Å²) in [5.74, 6) is -1.04. The predicted molar refractivity (Wildman–Crippen MR) is 83.7 cm³/mol. The third-order valence-corrected chi connectivity index (χ3v) is 3.51. The summed E-state index contributed by atoms with van der Waals surface area (Å²) in [6.07, 6.45) is 1.56. The Labute approximate surface area is 127 Å². The second-order valence-corrected chi connectivity index (χ2v) is 4.84. The molecule has 0 aromatic heterocycles. The maximum atomic E-state index is 12.0. The molecule has 1 N–H and O–H groups in total. The highest BCUT2D eigenvalue weighted by molar-refractivity contribution is 6.12. The molecule has 2 aromatic carbocycles. The number of carbonyl (C=O) groups is 2. The van der Waals surface area contributed by atoms with E-state index in [4.69, 9.17) is 4.74 Å². The Balaban J connectivity index is 1.93. The Morgan fingerprint density at radius 1 is 1.18 bits per heavy atom. The fourth-order valence-electron chi connectivity index (χ4n) is 2.41. The quantitative estimate of drug-likeness (QED) is 0.699. The minimum absolute atomic E-state index is 0.125. The molecule has 0 fully saturated rings. The molecule has 1 unspecified atom stereocenters. The molecule has 0 aliphatic carbocycles. The topological polar surface area (TPSA) is 67.8 Å². The number of rotatable bonds is 3. The van der Waals surface area contributed by atoms with Crippen LogP contribution >= 0.6 is 0 Å². The third kappa shape index (κ3) is 2.48. The average molecular weight is 294 g/mol. The number of anilines is 1. The van der Waals surface area contributed by atoms with Crippen LogP contribution in [0.1, 0.15) is 21.8 Å². The highest BCUT2D eigenvalue weighted by atomic mass is 16.5. The molecule has 110 valence electrons. The highest BCUT2D eigenvalue weighted by Crippen LogP contribution is 2.31. The number of esters is 1. The summed E-state index contributed by atoms with van der Waals surface area (Å²) in [6, 6.07) is 14.3. The number of carbonyl (C=O) groups excluding carboxylic acids is 2. The summed E-state index contributed by atoms with van der Waals surface area (Å²) < 4.78 is 4.73. The molecule has 22 heavy (non-hydrogen) atoms. The van der Waals surface area contributed by atoms with Crippen molar-refractivity contribution in [2.24, 2.45) is 4.99 Å². The zero-order valence-corrected chi connectivity index (χ0v) is 11.9. The van der Waals surface area contributed by atoms with Crippen molar-refractivity contribution in [3.05, 3.63) is 59.7 Å². The number of nitrogens with one attached hydrogen (secondary N) is 1. The van der Waals surface area contributed by atoms with Crippen molar-refractivity contribution in [3.8, 4) is 0 Å². The molecule has 0 spiro atoms. The van der Waals surface area contributed by atoms with E-state index >= 15 is 0 Å². The first-order valence-electron chi connectivity index (χ1n) is 6.82. The van der Waals surface area contributed by atoms with E-state index in [1.165, 1.54) is 7.11 Å². The van der Waals surface area contributed by atoms with Crippen molar-refractivity contribution in [2.75, 3.05) is 12.4 Å². The lowest BCUT2D eigenvalue weighted by Crippen LogP contribution is -2.13. The van der Waals surface area contributed by atoms with E-state index in [9.17, 15) is 9.59 Å². The van der Waals surface area contributed by atoms with Crippen LogP contribution in [-0.2, 0) is 9.53 Å². The van der Waals surface area contributed by atoms with Gasteiger partial charge in [-0.25, -0.2) is 4.79 Å².